The van der Waals surface area contributed by atoms with Gasteiger partial charge in [0.05, 0.1) is 11.5 Å². The Labute approximate surface area is 172 Å². The van der Waals surface area contributed by atoms with Crippen molar-refractivity contribution in [2.75, 3.05) is 18.0 Å². The lowest BCUT2D eigenvalue weighted by Crippen LogP contribution is -2.52. The van der Waals surface area contributed by atoms with Gasteiger partial charge in [0.25, 0.3) is 5.91 Å². The number of rotatable bonds is 3. The maximum absolute atomic E-state index is 13.6. The van der Waals surface area contributed by atoms with Crippen LogP contribution in [0.2, 0.25) is 0 Å². The zero-order valence-corrected chi connectivity index (χ0v) is 16.4. The van der Waals surface area contributed by atoms with Gasteiger partial charge in [-0.25, -0.2) is 18.7 Å². The minimum absolute atomic E-state index is 0.0837. The lowest BCUT2D eigenvalue weighted by atomic mass is 9.69. The van der Waals surface area contributed by atoms with Crippen molar-refractivity contribution in [3.8, 4) is 0 Å². The van der Waals surface area contributed by atoms with E-state index in [1.807, 2.05) is 0 Å². The molecule has 1 spiro atoms. The molecule has 7 nitrogen and oxygen atoms in total. The van der Waals surface area contributed by atoms with Crippen molar-refractivity contribution < 1.29 is 23.5 Å². The number of aryl methyl sites for hydroxylation is 1. The van der Waals surface area contributed by atoms with Crippen molar-refractivity contribution >= 4 is 17.4 Å². The molecule has 3 unspecified atom stereocenters. The number of carbonyl (C=O) groups is 2. The van der Waals surface area contributed by atoms with Gasteiger partial charge >= 0.3 is 0 Å². The van der Waals surface area contributed by atoms with E-state index in [1.54, 1.807) is 11.8 Å². The number of aliphatic hydroxyl groups is 1. The summed E-state index contributed by atoms with van der Waals surface area (Å²) in [5.74, 6) is -1.44. The molecule has 1 aromatic heterocycles. The SMILES string of the molecule is Cc1nccc(C(=O)NC2CCC(=O)C3(C2)CN(c2cc(F)cc(F)c2)CC3O)n1. The molecule has 158 valence electrons. The molecular weight excluding hydrogens is 394 g/mol. The molecule has 30 heavy (non-hydrogen) atoms. The minimum Gasteiger partial charge on any atom is -0.390 e. The lowest BCUT2D eigenvalue weighted by Gasteiger charge is -2.38. The molecule has 1 saturated heterocycles. The number of ketones is 1. The summed E-state index contributed by atoms with van der Waals surface area (Å²) in [6, 6.07) is 4.32. The first-order chi connectivity index (χ1) is 14.3. The van der Waals surface area contributed by atoms with Crippen molar-refractivity contribution in [2.45, 2.75) is 38.3 Å². The number of aliphatic hydroxyl groups excluding tert-OH is 1. The predicted octanol–water partition coefficient (Wildman–Crippen LogP) is 1.78. The van der Waals surface area contributed by atoms with Gasteiger partial charge in [0.15, 0.2) is 0 Å². The van der Waals surface area contributed by atoms with E-state index in [2.05, 4.69) is 15.3 Å². The Morgan fingerprint density at radius 2 is 2.03 bits per heavy atom. The van der Waals surface area contributed by atoms with E-state index in [0.29, 0.717) is 12.2 Å². The topological polar surface area (TPSA) is 95.4 Å². The number of hydrogen-bond donors (Lipinski definition) is 2. The van der Waals surface area contributed by atoms with Crippen LogP contribution in [0.25, 0.3) is 0 Å². The predicted molar refractivity (Wildman–Crippen MR) is 104 cm³/mol. The molecule has 9 heteroatoms. The maximum Gasteiger partial charge on any atom is 0.270 e. The molecule has 2 N–H and O–H groups in total. The Bertz CT molecular complexity index is 982. The summed E-state index contributed by atoms with van der Waals surface area (Å²) in [6.07, 6.45) is 1.41. The van der Waals surface area contributed by atoms with Gasteiger partial charge < -0.3 is 15.3 Å². The van der Waals surface area contributed by atoms with E-state index in [-0.39, 0.29) is 55.0 Å². The Hall–Kier alpha value is -2.94. The fourth-order valence-corrected chi connectivity index (χ4v) is 4.46. The smallest absolute Gasteiger partial charge is 0.270 e. The van der Waals surface area contributed by atoms with E-state index in [0.717, 1.165) is 6.07 Å². The Morgan fingerprint density at radius 1 is 1.30 bits per heavy atom. The summed E-state index contributed by atoms with van der Waals surface area (Å²) in [5.41, 5.74) is -0.586. The van der Waals surface area contributed by atoms with E-state index < -0.39 is 23.2 Å². The molecule has 3 atom stereocenters. The van der Waals surface area contributed by atoms with Crippen molar-refractivity contribution in [3.63, 3.8) is 0 Å². The molecule has 1 saturated carbocycles. The van der Waals surface area contributed by atoms with Crippen LogP contribution in [0.5, 0.6) is 0 Å². The molecular formula is C21H22F2N4O3. The monoisotopic (exact) mass is 416 g/mol. The lowest BCUT2D eigenvalue weighted by molar-refractivity contribution is -0.136. The van der Waals surface area contributed by atoms with Crippen LogP contribution in [0.3, 0.4) is 0 Å². The van der Waals surface area contributed by atoms with E-state index in [1.165, 1.54) is 24.4 Å². The van der Waals surface area contributed by atoms with Crippen LogP contribution < -0.4 is 10.2 Å². The third kappa shape index (κ3) is 3.77. The van der Waals surface area contributed by atoms with E-state index in [9.17, 15) is 23.5 Å². The summed E-state index contributed by atoms with van der Waals surface area (Å²) in [7, 11) is 0. The van der Waals surface area contributed by atoms with Gasteiger partial charge in [0, 0.05) is 43.5 Å². The number of β-amino-alcohol motifs (C(OH)–C–C–N with tert-alkyl or cyclic N) is 1. The van der Waals surface area contributed by atoms with E-state index >= 15 is 0 Å². The first-order valence-electron chi connectivity index (χ1n) is 9.80. The number of carbonyl (C=O) groups excluding carboxylic acids is 2. The van der Waals surface area contributed by atoms with Crippen molar-refractivity contribution in [1.82, 2.24) is 15.3 Å². The van der Waals surface area contributed by atoms with Crippen LogP contribution in [0.4, 0.5) is 14.5 Å². The highest BCUT2D eigenvalue weighted by Crippen LogP contribution is 2.43. The largest absolute Gasteiger partial charge is 0.390 e. The third-order valence-electron chi connectivity index (χ3n) is 5.95. The normalized spacial score (nSPS) is 26.3. The quantitative estimate of drug-likeness (QED) is 0.792. The molecule has 4 rings (SSSR count). The molecule has 2 fully saturated rings. The number of amides is 1. The number of nitrogens with zero attached hydrogens (tertiary/aromatic N) is 3. The summed E-state index contributed by atoms with van der Waals surface area (Å²) < 4.78 is 27.3. The van der Waals surface area contributed by atoms with Gasteiger partial charge in [0.2, 0.25) is 0 Å². The average molecular weight is 416 g/mol. The highest BCUT2D eigenvalue weighted by atomic mass is 19.1. The Kier molecular flexibility index (Phi) is 5.23. The number of halogens is 2. The summed E-state index contributed by atoms with van der Waals surface area (Å²) in [6.45, 7) is 1.90. The van der Waals surface area contributed by atoms with Crippen molar-refractivity contribution in [3.05, 3.63) is 53.6 Å². The number of aromatic nitrogens is 2. The zero-order chi connectivity index (χ0) is 21.5. The summed E-state index contributed by atoms with van der Waals surface area (Å²) >= 11 is 0. The molecule has 1 amide bonds. The first kappa shape index (κ1) is 20.3. The van der Waals surface area contributed by atoms with Crippen molar-refractivity contribution in [1.29, 1.82) is 0 Å². The van der Waals surface area contributed by atoms with Crippen molar-refractivity contribution in [2.24, 2.45) is 5.41 Å². The minimum atomic E-state index is -1.10. The van der Waals surface area contributed by atoms with Gasteiger partial charge in [0.1, 0.15) is 28.9 Å². The van der Waals surface area contributed by atoms with E-state index in [4.69, 9.17) is 0 Å². The maximum atomic E-state index is 13.6. The van der Waals surface area contributed by atoms with Crippen LogP contribution in [0.15, 0.2) is 30.5 Å². The summed E-state index contributed by atoms with van der Waals surface area (Å²) in [5, 5.41) is 13.7. The number of anilines is 1. The second kappa shape index (κ2) is 7.71. The molecule has 1 aliphatic carbocycles. The van der Waals surface area contributed by atoms with Crippen LogP contribution in [-0.4, -0.2) is 52.0 Å². The molecule has 1 aliphatic heterocycles. The Morgan fingerprint density at radius 3 is 2.73 bits per heavy atom. The number of hydrogen-bond acceptors (Lipinski definition) is 6. The highest BCUT2D eigenvalue weighted by Gasteiger charge is 2.54. The highest BCUT2D eigenvalue weighted by molar-refractivity contribution is 5.93. The first-order valence-corrected chi connectivity index (χ1v) is 9.80. The second-order valence-electron chi connectivity index (χ2n) is 8.01. The number of benzene rings is 1. The molecule has 2 heterocycles. The van der Waals surface area contributed by atoms with Gasteiger partial charge in [-0.2, -0.15) is 0 Å². The van der Waals surface area contributed by atoms with Crippen LogP contribution in [0, 0.1) is 24.0 Å². The molecule has 0 radical (unpaired) electrons. The second-order valence-corrected chi connectivity index (χ2v) is 8.01. The fourth-order valence-electron chi connectivity index (χ4n) is 4.46. The average Bonchev–Trinajstić information content (AvgIpc) is 3.01. The zero-order valence-electron chi connectivity index (χ0n) is 16.4. The van der Waals surface area contributed by atoms with Gasteiger partial charge in [-0.3, -0.25) is 9.59 Å². The van der Waals surface area contributed by atoms with Gasteiger partial charge in [-0.05, 0) is 38.0 Å². The number of Topliss-reactive ketones (excluding diaryl/α,β-unsaturated/α-hetero) is 1. The third-order valence-corrected chi connectivity index (χ3v) is 5.95. The molecule has 2 aromatic rings. The van der Waals surface area contributed by atoms with Crippen LogP contribution >= 0.6 is 0 Å². The number of nitrogens with one attached hydrogen (secondary N) is 1. The standard InChI is InChI=1S/C21H22F2N4O3/c1-12-24-5-4-17(25-12)20(30)26-15-2-3-18(28)21(9-15)11-27(10-19(21)29)16-7-13(22)6-14(23)8-16/h4-8,15,19,29H,2-3,9-11H2,1H3,(H,26,30). The molecule has 2 aliphatic rings. The summed E-state index contributed by atoms with van der Waals surface area (Å²) in [4.78, 5) is 35.1. The van der Waals surface area contributed by atoms with Gasteiger partial charge in [-0.15, -0.1) is 0 Å². The Balaban J connectivity index is 1.52. The van der Waals surface area contributed by atoms with Gasteiger partial charge in [-0.1, -0.05) is 0 Å². The van der Waals surface area contributed by atoms with Crippen LogP contribution in [-0.2, 0) is 4.79 Å². The molecule has 0 bridgehead atoms. The fraction of sp³-hybridized carbons (Fsp3) is 0.429. The van der Waals surface area contributed by atoms with Crippen LogP contribution in [0.1, 0.15) is 35.6 Å². The molecule has 1 aromatic carbocycles.